The van der Waals surface area contributed by atoms with E-state index in [1.54, 1.807) is 7.11 Å². The lowest BCUT2D eigenvalue weighted by molar-refractivity contribution is -0.149. The molecule has 1 aliphatic heterocycles. The van der Waals surface area contributed by atoms with Gasteiger partial charge in [-0.3, -0.25) is 9.69 Å². The molecule has 0 bridgehead atoms. The number of piperazine rings is 1. The van der Waals surface area contributed by atoms with E-state index in [4.69, 9.17) is 9.47 Å². The zero-order valence-corrected chi connectivity index (χ0v) is 13.0. The van der Waals surface area contributed by atoms with E-state index >= 15 is 0 Å². The molecule has 0 aliphatic carbocycles. The molecule has 1 atom stereocenters. The summed E-state index contributed by atoms with van der Waals surface area (Å²) in [6.07, 6.45) is 0. The van der Waals surface area contributed by atoms with Gasteiger partial charge in [-0.05, 0) is 38.1 Å². The normalized spacial score (nSPS) is 17.4. The molecule has 0 aromatic heterocycles. The lowest BCUT2D eigenvalue weighted by atomic mass is 10.2. The molecule has 1 saturated heterocycles. The first-order valence-electron chi connectivity index (χ1n) is 7.45. The van der Waals surface area contributed by atoms with Crippen LogP contribution in [0.5, 0.6) is 5.75 Å². The van der Waals surface area contributed by atoms with E-state index in [1.807, 2.05) is 26.0 Å². The highest BCUT2D eigenvalue weighted by molar-refractivity contribution is 5.75. The van der Waals surface area contributed by atoms with E-state index in [-0.39, 0.29) is 12.0 Å². The largest absolute Gasteiger partial charge is 0.497 e. The highest BCUT2D eigenvalue weighted by atomic mass is 16.5. The fourth-order valence-electron chi connectivity index (χ4n) is 2.57. The zero-order chi connectivity index (χ0) is 15.2. The highest BCUT2D eigenvalue weighted by Crippen LogP contribution is 2.21. The van der Waals surface area contributed by atoms with Crippen LogP contribution in [0.4, 0.5) is 5.69 Å². The highest BCUT2D eigenvalue weighted by Gasteiger charge is 2.26. The van der Waals surface area contributed by atoms with Gasteiger partial charge in [0.1, 0.15) is 11.8 Å². The minimum Gasteiger partial charge on any atom is -0.497 e. The molecule has 1 aromatic carbocycles. The Hall–Kier alpha value is -1.75. The second kappa shape index (κ2) is 7.31. The average molecular weight is 292 g/mol. The summed E-state index contributed by atoms with van der Waals surface area (Å²) < 4.78 is 10.3. The fraction of sp³-hybridized carbons (Fsp3) is 0.562. The number of anilines is 1. The van der Waals surface area contributed by atoms with Crippen molar-refractivity contribution in [2.24, 2.45) is 0 Å². The van der Waals surface area contributed by atoms with E-state index in [0.717, 1.165) is 31.9 Å². The van der Waals surface area contributed by atoms with Gasteiger partial charge >= 0.3 is 5.97 Å². The molecule has 0 unspecified atom stereocenters. The average Bonchev–Trinajstić information content (AvgIpc) is 2.54. The number of carbonyl (C=O) groups is 1. The third-order valence-electron chi connectivity index (χ3n) is 3.93. The Balaban J connectivity index is 1.88. The zero-order valence-electron chi connectivity index (χ0n) is 13.0. The summed E-state index contributed by atoms with van der Waals surface area (Å²) in [6.45, 7) is 7.76. The number of benzene rings is 1. The standard InChI is InChI=1S/C16H24N2O3/c1-4-21-16(19)13(2)17-9-11-18(12-10-17)14-5-7-15(20-3)8-6-14/h5-8,13H,4,9-12H2,1-3H3/t13-/m0/s1. The Bertz CT molecular complexity index is 453. The Morgan fingerprint density at radius 2 is 1.81 bits per heavy atom. The third-order valence-corrected chi connectivity index (χ3v) is 3.93. The first-order chi connectivity index (χ1) is 10.2. The van der Waals surface area contributed by atoms with Crippen LogP contribution in [-0.4, -0.2) is 56.8 Å². The van der Waals surface area contributed by atoms with Crippen LogP contribution in [0.1, 0.15) is 13.8 Å². The monoisotopic (exact) mass is 292 g/mol. The van der Waals surface area contributed by atoms with Crippen molar-refractivity contribution in [3.63, 3.8) is 0 Å². The van der Waals surface area contributed by atoms with Gasteiger partial charge in [0.05, 0.1) is 13.7 Å². The minimum atomic E-state index is -0.164. The van der Waals surface area contributed by atoms with Gasteiger partial charge in [0, 0.05) is 31.9 Å². The molecule has 0 spiro atoms. The van der Waals surface area contributed by atoms with Crippen molar-refractivity contribution >= 4 is 11.7 Å². The molecule has 0 saturated carbocycles. The molecule has 1 heterocycles. The summed E-state index contributed by atoms with van der Waals surface area (Å²) in [4.78, 5) is 16.3. The molecule has 1 aromatic rings. The summed E-state index contributed by atoms with van der Waals surface area (Å²) in [6, 6.07) is 7.93. The molecule has 5 nitrogen and oxygen atoms in total. The second-order valence-corrected chi connectivity index (χ2v) is 5.15. The molecule has 1 aliphatic rings. The van der Waals surface area contributed by atoms with Crippen molar-refractivity contribution in [1.82, 2.24) is 4.90 Å². The van der Waals surface area contributed by atoms with E-state index < -0.39 is 0 Å². The summed E-state index contributed by atoms with van der Waals surface area (Å²) in [5, 5.41) is 0. The van der Waals surface area contributed by atoms with Crippen molar-refractivity contribution < 1.29 is 14.3 Å². The smallest absolute Gasteiger partial charge is 0.323 e. The van der Waals surface area contributed by atoms with Gasteiger partial charge in [-0.25, -0.2) is 0 Å². The quantitative estimate of drug-likeness (QED) is 0.774. The number of esters is 1. The van der Waals surface area contributed by atoms with Gasteiger partial charge in [0.15, 0.2) is 0 Å². The minimum absolute atomic E-state index is 0.129. The fourth-order valence-corrected chi connectivity index (χ4v) is 2.57. The summed E-state index contributed by atoms with van der Waals surface area (Å²) in [7, 11) is 1.67. The number of carbonyl (C=O) groups excluding carboxylic acids is 1. The van der Waals surface area contributed by atoms with Crippen molar-refractivity contribution in [2.45, 2.75) is 19.9 Å². The molecule has 1 fully saturated rings. The van der Waals surface area contributed by atoms with E-state index in [1.165, 1.54) is 5.69 Å². The predicted molar refractivity (Wildman–Crippen MR) is 82.9 cm³/mol. The van der Waals surface area contributed by atoms with Crippen molar-refractivity contribution in [1.29, 1.82) is 0 Å². The maximum Gasteiger partial charge on any atom is 0.323 e. The number of ether oxygens (including phenoxy) is 2. The Morgan fingerprint density at radius 3 is 2.33 bits per heavy atom. The van der Waals surface area contributed by atoms with Crippen LogP contribution in [0.25, 0.3) is 0 Å². The van der Waals surface area contributed by atoms with Gasteiger partial charge < -0.3 is 14.4 Å². The second-order valence-electron chi connectivity index (χ2n) is 5.15. The van der Waals surface area contributed by atoms with Gasteiger partial charge in [0.25, 0.3) is 0 Å². The van der Waals surface area contributed by atoms with E-state index in [0.29, 0.717) is 6.61 Å². The summed E-state index contributed by atoms with van der Waals surface area (Å²) >= 11 is 0. The van der Waals surface area contributed by atoms with Crippen LogP contribution in [0, 0.1) is 0 Å². The first-order valence-corrected chi connectivity index (χ1v) is 7.45. The number of nitrogens with zero attached hydrogens (tertiary/aromatic N) is 2. The molecule has 116 valence electrons. The number of rotatable bonds is 5. The Labute approximate surface area is 126 Å². The SMILES string of the molecule is CCOC(=O)[C@H](C)N1CCN(c2ccc(OC)cc2)CC1. The van der Waals surface area contributed by atoms with E-state index in [9.17, 15) is 4.79 Å². The molecule has 0 radical (unpaired) electrons. The van der Waals surface area contributed by atoms with Crippen molar-refractivity contribution in [3.05, 3.63) is 24.3 Å². The van der Waals surface area contributed by atoms with Crippen LogP contribution in [0.3, 0.4) is 0 Å². The van der Waals surface area contributed by atoms with Crippen molar-refractivity contribution in [2.75, 3.05) is 44.8 Å². The van der Waals surface area contributed by atoms with Crippen LogP contribution in [0.15, 0.2) is 24.3 Å². The van der Waals surface area contributed by atoms with Crippen LogP contribution in [-0.2, 0) is 9.53 Å². The van der Waals surface area contributed by atoms with Crippen LogP contribution < -0.4 is 9.64 Å². The molecule has 0 amide bonds. The molecular formula is C16H24N2O3. The lowest BCUT2D eigenvalue weighted by Gasteiger charge is -2.38. The molecule has 5 heteroatoms. The maximum atomic E-state index is 11.8. The van der Waals surface area contributed by atoms with Gasteiger partial charge in [-0.2, -0.15) is 0 Å². The van der Waals surface area contributed by atoms with Gasteiger partial charge in [0.2, 0.25) is 0 Å². The van der Waals surface area contributed by atoms with Gasteiger partial charge in [-0.1, -0.05) is 0 Å². The number of hydrogen-bond donors (Lipinski definition) is 0. The lowest BCUT2D eigenvalue weighted by Crippen LogP contribution is -2.52. The number of methoxy groups -OCH3 is 1. The third kappa shape index (κ3) is 3.88. The topological polar surface area (TPSA) is 42.0 Å². The Kier molecular flexibility index (Phi) is 5.44. The molecule has 0 N–H and O–H groups in total. The molecule has 21 heavy (non-hydrogen) atoms. The van der Waals surface area contributed by atoms with Crippen molar-refractivity contribution in [3.8, 4) is 5.75 Å². The van der Waals surface area contributed by atoms with Gasteiger partial charge in [-0.15, -0.1) is 0 Å². The Morgan fingerprint density at radius 1 is 1.19 bits per heavy atom. The predicted octanol–water partition coefficient (Wildman–Crippen LogP) is 1.77. The van der Waals surface area contributed by atoms with Crippen LogP contribution >= 0.6 is 0 Å². The maximum absolute atomic E-state index is 11.8. The summed E-state index contributed by atoms with van der Waals surface area (Å²) in [5.41, 5.74) is 1.19. The molecular weight excluding hydrogens is 268 g/mol. The molecule has 2 rings (SSSR count). The van der Waals surface area contributed by atoms with E-state index in [2.05, 4.69) is 21.9 Å². The van der Waals surface area contributed by atoms with Crippen LogP contribution in [0.2, 0.25) is 0 Å². The summed E-state index contributed by atoms with van der Waals surface area (Å²) in [5.74, 6) is 0.740. The number of hydrogen-bond acceptors (Lipinski definition) is 5. The first kappa shape index (κ1) is 15.6.